The molecule has 40 heavy (non-hydrogen) atoms. The Labute approximate surface area is 229 Å². The number of carboxylic acid groups (broad SMARTS) is 1. The third kappa shape index (κ3) is 5.55. The average Bonchev–Trinajstić information content (AvgIpc) is 3.37. The monoisotopic (exact) mass is 541 g/mol. The van der Waals surface area contributed by atoms with Gasteiger partial charge in [-0.1, -0.05) is 30.3 Å². The molecule has 0 radical (unpaired) electrons. The van der Waals surface area contributed by atoms with E-state index in [-0.39, 0.29) is 18.4 Å². The maximum atomic E-state index is 11.8. The van der Waals surface area contributed by atoms with Gasteiger partial charge in [-0.05, 0) is 23.8 Å². The highest BCUT2D eigenvalue weighted by Gasteiger charge is 2.19. The van der Waals surface area contributed by atoms with Gasteiger partial charge in [-0.3, -0.25) is 14.4 Å². The van der Waals surface area contributed by atoms with Crippen molar-refractivity contribution >= 4 is 40.1 Å². The Bertz CT molecular complexity index is 1620. The molecule has 0 aliphatic carbocycles. The molecular weight excluding hydrogens is 514 g/mol. The molecule has 0 aliphatic rings. The minimum atomic E-state index is -1.04. The number of fused-ring (bicyclic) bond motifs is 1. The number of methoxy groups -OCH3 is 3. The fraction of sp³-hybridized carbons (Fsp3) is 0.179. The lowest BCUT2D eigenvalue weighted by molar-refractivity contribution is -0.135. The van der Waals surface area contributed by atoms with E-state index in [4.69, 9.17) is 14.2 Å². The van der Waals surface area contributed by atoms with Crippen LogP contribution in [0, 0.1) is 0 Å². The largest absolute Gasteiger partial charge is 0.493 e. The van der Waals surface area contributed by atoms with E-state index in [0.717, 1.165) is 16.5 Å². The van der Waals surface area contributed by atoms with Crippen molar-refractivity contribution in [1.29, 1.82) is 0 Å². The van der Waals surface area contributed by atoms with Gasteiger partial charge in [0.25, 0.3) is 0 Å². The zero-order chi connectivity index (χ0) is 28.1. The molecule has 0 atom stereocenters. The van der Waals surface area contributed by atoms with Gasteiger partial charge in [0.15, 0.2) is 11.5 Å². The maximum Gasteiger partial charge on any atom is 0.323 e. The summed E-state index contributed by atoms with van der Waals surface area (Å²) in [5, 5.41) is 18.2. The molecule has 0 spiro atoms. The van der Waals surface area contributed by atoms with Gasteiger partial charge in [-0.25, -0.2) is 9.97 Å². The van der Waals surface area contributed by atoms with Crippen molar-refractivity contribution in [2.75, 3.05) is 38.1 Å². The topological polar surface area (TPSA) is 137 Å². The van der Waals surface area contributed by atoms with E-state index in [1.54, 1.807) is 18.3 Å². The quantitative estimate of drug-likeness (QED) is 0.248. The van der Waals surface area contributed by atoms with E-state index in [1.165, 1.54) is 32.6 Å². The van der Waals surface area contributed by atoms with Gasteiger partial charge in [-0.2, -0.15) is 10.1 Å². The van der Waals surface area contributed by atoms with Crippen LogP contribution in [0.4, 0.5) is 23.3 Å². The van der Waals surface area contributed by atoms with Gasteiger partial charge in [-0.15, -0.1) is 0 Å². The number of anilines is 4. The van der Waals surface area contributed by atoms with Crippen LogP contribution < -0.4 is 24.4 Å². The second kappa shape index (κ2) is 11.6. The van der Waals surface area contributed by atoms with Crippen LogP contribution in [0.1, 0.15) is 5.56 Å². The van der Waals surface area contributed by atoms with Crippen molar-refractivity contribution in [2.24, 2.45) is 0 Å². The van der Waals surface area contributed by atoms with Crippen molar-refractivity contribution < 1.29 is 24.1 Å². The summed E-state index contributed by atoms with van der Waals surface area (Å²) in [4.78, 5) is 26.3. The number of carboxylic acids is 1. The first kappa shape index (κ1) is 26.2. The highest BCUT2D eigenvalue weighted by Crippen LogP contribution is 2.40. The van der Waals surface area contributed by atoms with Crippen molar-refractivity contribution in [3.05, 3.63) is 78.8 Å². The SMILES string of the molecule is COc1cc(Nc2ncnc(N(CC(=O)O)c3ccc4c(cnn4Cc4ccccc4)c3)n2)cc(OC)c1OC. The Kier molecular flexibility index (Phi) is 7.58. The van der Waals surface area contributed by atoms with Crippen LogP contribution in [-0.4, -0.2) is 63.7 Å². The molecule has 0 saturated heterocycles. The van der Waals surface area contributed by atoms with Crippen LogP contribution in [0.3, 0.4) is 0 Å². The third-order valence-corrected chi connectivity index (χ3v) is 6.13. The van der Waals surface area contributed by atoms with E-state index in [2.05, 4.69) is 25.4 Å². The third-order valence-electron chi connectivity index (χ3n) is 6.13. The van der Waals surface area contributed by atoms with E-state index in [9.17, 15) is 9.90 Å². The van der Waals surface area contributed by atoms with Gasteiger partial charge in [0.1, 0.15) is 12.9 Å². The van der Waals surface area contributed by atoms with E-state index in [1.807, 2.05) is 53.2 Å². The number of carbonyl (C=O) groups is 1. The normalized spacial score (nSPS) is 10.8. The lowest BCUT2D eigenvalue weighted by Gasteiger charge is -2.21. The average molecular weight is 542 g/mol. The van der Waals surface area contributed by atoms with Gasteiger partial charge in [0.2, 0.25) is 17.6 Å². The number of aromatic nitrogens is 5. The lowest BCUT2D eigenvalue weighted by Crippen LogP contribution is -2.27. The number of rotatable bonds is 11. The van der Waals surface area contributed by atoms with E-state index < -0.39 is 5.97 Å². The van der Waals surface area contributed by atoms with Crippen molar-refractivity contribution in [3.63, 3.8) is 0 Å². The molecular formula is C28H27N7O5. The summed E-state index contributed by atoms with van der Waals surface area (Å²) >= 11 is 0. The zero-order valence-corrected chi connectivity index (χ0v) is 22.1. The minimum absolute atomic E-state index is 0.156. The molecule has 0 bridgehead atoms. The van der Waals surface area contributed by atoms with Crippen LogP contribution in [0.25, 0.3) is 10.9 Å². The number of nitrogens with zero attached hydrogens (tertiary/aromatic N) is 6. The lowest BCUT2D eigenvalue weighted by atomic mass is 10.2. The second-order valence-electron chi connectivity index (χ2n) is 8.66. The molecule has 0 saturated carbocycles. The molecule has 3 aromatic carbocycles. The molecule has 5 aromatic rings. The Balaban J connectivity index is 1.45. The van der Waals surface area contributed by atoms with Crippen LogP contribution in [0.15, 0.2) is 73.2 Å². The molecule has 12 heteroatoms. The highest BCUT2D eigenvalue weighted by atomic mass is 16.5. The summed E-state index contributed by atoms with van der Waals surface area (Å²) < 4.78 is 18.1. The Morgan fingerprint density at radius 3 is 2.40 bits per heavy atom. The van der Waals surface area contributed by atoms with E-state index >= 15 is 0 Å². The first-order valence-corrected chi connectivity index (χ1v) is 12.2. The van der Waals surface area contributed by atoms with Gasteiger partial charge >= 0.3 is 5.97 Å². The maximum absolute atomic E-state index is 11.8. The van der Waals surface area contributed by atoms with Crippen molar-refractivity contribution in [3.8, 4) is 17.2 Å². The summed E-state index contributed by atoms with van der Waals surface area (Å²) in [6, 6.07) is 19.0. The molecule has 2 heterocycles. The fourth-order valence-electron chi connectivity index (χ4n) is 4.30. The van der Waals surface area contributed by atoms with Gasteiger partial charge in [0.05, 0.1) is 39.6 Å². The molecule has 2 N–H and O–H groups in total. The first-order valence-electron chi connectivity index (χ1n) is 12.2. The zero-order valence-electron chi connectivity index (χ0n) is 22.1. The predicted octanol–water partition coefficient (Wildman–Crippen LogP) is 4.26. The Morgan fingerprint density at radius 2 is 1.73 bits per heavy atom. The standard InChI is InChI=1S/C28H27N7O5/c1-38-23-12-20(13-24(39-2)26(23)40-3)32-27-29-17-30-28(33-27)34(16-25(36)37)21-9-10-22-19(11-21)14-31-35(22)15-18-7-5-4-6-8-18/h4-14,17H,15-16H2,1-3H3,(H,36,37)(H,29,30,32,33). The summed E-state index contributed by atoms with van der Waals surface area (Å²) in [5.41, 5.74) is 3.22. The smallest absolute Gasteiger partial charge is 0.323 e. The first-order chi connectivity index (χ1) is 19.5. The molecule has 0 unspecified atom stereocenters. The van der Waals surface area contributed by atoms with Crippen molar-refractivity contribution in [1.82, 2.24) is 24.7 Å². The van der Waals surface area contributed by atoms with Crippen molar-refractivity contribution in [2.45, 2.75) is 6.54 Å². The summed E-state index contributed by atoms with van der Waals surface area (Å²) in [6.45, 7) is 0.253. The molecule has 2 aromatic heterocycles. The molecule has 0 fully saturated rings. The number of benzene rings is 3. The number of nitrogens with one attached hydrogen (secondary N) is 1. The van der Waals surface area contributed by atoms with Crippen LogP contribution in [-0.2, 0) is 11.3 Å². The molecule has 0 amide bonds. The van der Waals surface area contributed by atoms with Gasteiger partial charge < -0.3 is 24.6 Å². The summed E-state index contributed by atoms with van der Waals surface area (Å²) in [7, 11) is 4.57. The fourth-order valence-corrected chi connectivity index (χ4v) is 4.30. The molecule has 12 nitrogen and oxygen atoms in total. The minimum Gasteiger partial charge on any atom is -0.493 e. The number of hydrogen-bond acceptors (Lipinski definition) is 10. The number of hydrogen-bond donors (Lipinski definition) is 2. The second-order valence-corrected chi connectivity index (χ2v) is 8.66. The number of ether oxygens (including phenoxy) is 3. The van der Waals surface area contributed by atoms with Crippen LogP contribution >= 0.6 is 0 Å². The molecule has 0 aliphatic heterocycles. The molecule has 5 rings (SSSR count). The molecule has 204 valence electrons. The Morgan fingerprint density at radius 1 is 0.975 bits per heavy atom. The number of aliphatic carboxylic acids is 1. The van der Waals surface area contributed by atoms with Crippen LogP contribution in [0.2, 0.25) is 0 Å². The van der Waals surface area contributed by atoms with E-state index in [0.29, 0.717) is 35.2 Å². The predicted molar refractivity (Wildman–Crippen MR) is 149 cm³/mol. The van der Waals surface area contributed by atoms with Gasteiger partial charge in [0, 0.05) is 28.9 Å². The highest BCUT2D eigenvalue weighted by molar-refractivity contribution is 5.85. The van der Waals surface area contributed by atoms with Crippen LogP contribution in [0.5, 0.6) is 17.2 Å². The Hall–Kier alpha value is -5.39. The summed E-state index contributed by atoms with van der Waals surface area (Å²) in [6.07, 6.45) is 3.07. The summed E-state index contributed by atoms with van der Waals surface area (Å²) in [5.74, 6) is 0.663.